The van der Waals surface area contributed by atoms with Crippen molar-refractivity contribution in [3.05, 3.63) is 70.8 Å². The third-order valence-corrected chi connectivity index (χ3v) is 5.71. The molecule has 3 nitrogen and oxygen atoms in total. The van der Waals surface area contributed by atoms with Crippen LogP contribution < -0.4 is 0 Å². The molecular formula is C21H25NO2. The van der Waals surface area contributed by atoms with Crippen LogP contribution in [0.5, 0.6) is 0 Å². The Balaban J connectivity index is 2.04. The fourth-order valence-corrected chi connectivity index (χ4v) is 3.53. The molecule has 3 aromatic rings. The maximum Gasteiger partial charge on any atom is 0.117 e. The van der Waals surface area contributed by atoms with Crippen molar-refractivity contribution in [2.75, 3.05) is 0 Å². The van der Waals surface area contributed by atoms with Crippen molar-refractivity contribution >= 4 is 0 Å². The zero-order chi connectivity index (χ0) is 17.3. The number of rotatable bonds is 0. The Morgan fingerprint density at radius 1 is 0.542 bits per heavy atom. The number of aromatic nitrogens is 1. The molecule has 0 radical (unpaired) electrons. The van der Waals surface area contributed by atoms with Gasteiger partial charge in [0.05, 0.1) is 16.2 Å². The molecule has 0 aliphatic carbocycles. The normalized spacial score (nSPS) is 20.2. The first-order chi connectivity index (χ1) is 11.1. The van der Waals surface area contributed by atoms with Crippen LogP contribution in [0.4, 0.5) is 0 Å². The molecule has 0 saturated carbocycles. The van der Waals surface area contributed by atoms with Crippen molar-refractivity contribution in [3.8, 4) is 0 Å². The van der Waals surface area contributed by atoms with Crippen LogP contribution in [0.25, 0.3) is 0 Å². The molecule has 126 valence electrons. The van der Waals surface area contributed by atoms with Gasteiger partial charge < -0.3 is 13.8 Å². The Labute approximate surface area is 143 Å². The van der Waals surface area contributed by atoms with E-state index in [1.54, 1.807) is 0 Å². The highest BCUT2D eigenvalue weighted by Gasteiger charge is 2.38. The van der Waals surface area contributed by atoms with Gasteiger partial charge in [-0.05, 0) is 77.9 Å². The van der Waals surface area contributed by atoms with E-state index in [2.05, 4.69) is 82.9 Å². The summed E-state index contributed by atoms with van der Waals surface area (Å²) in [6, 6.07) is 12.6. The summed E-state index contributed by atoms with van der Waals surface area (Å²) in [5, 5.41) is 0. The maximum absolute atomic E-state index is 6.29. The second-order valence-corrected chi connectivity index (χ2v) is 8.49. The lowest BCUT2D eigenvalue weighted by Gasteiger charge is -2.26. The van der Waals surface area contributed by atoms with Gasteiger partial charge in [-0.2, -0.15) is 0 Å². The van der Waals surface area contributed by atoms with E-state index in [1.165, 1.54) is 0 Å². The lowest BCUT2D eigenvalue weighted by atomic mass is 9.86. The molecule has 4 rings (SSSR count). The average molecular weight is 323 g/mol. The van der Waals surface area contributed by atoms with Gasteiger partial charge in [-0.15, -0.1) is 0 Å². The minimum Gasteiger partial charge on any atom is -0.464 e. The SMILES string of the molecule is CC1(C)c2ccc([nH]2)C(C)(C)c2ccc(o2)C(C)(C)c2ccc1o2. The molecule has 24 heavy (non-hydrogen) atoms. The smallest absolute Gasteiger partial charge is 0.117 e. The van der Waals surface area contributed by atoms with Crippen LogP contribution in [-0.2, 0) is 16.2 Å². The number of hydrogen-bond donors (Lipinski definition) is 1. The Morgan fingerprint density at radius 3 is 1.25 bits per heavy atom. The Hall–Kier alpha value is -2.16. The number of nitrogens with one attached hydrogen (secondary N) is 1. The van der Waals surface area contributed by atoms with Gasteiger partial charge in [0, 0.05) is 11.4 Å². The monoisotopic (exact) mass is 323 g/mol. The first-order valence-electron chi connectivity index (χ1n) is 8.55. The maximum atomic E-state index is 6.29. The van der Waals surface area contributed by atoms with E-state index >= 15 is 0 Å². The molecule has 0 saturated heterocycles. The van der Waals surface area contributed by atoms with E-state index in [9.17, 15) is 0 Å². The van der Waals surface area contributed by atoms with E-state index in [0.717, 1.165) is 34.4 Å². The second-order valence-electron chi connectivity index (χ2n) is 8.49. The summed E-state index contributed by atoms with van der Waals surface area (Å²) < 4.78 is 12.6. The molecule has 0 atom stereocenters. The average Bonchev–Trinajstić information content (AvgIpc) is 3.24. The molecule has 3 heteroatoms. The van der Waals surface area contributed by atoms with E-state index in [1.807, 2.05) is 0 Å². The largest absolute Gasteiger partial charge is 0.464 e. The van der Waals surface area contributed by atoms with Crippen LogP contribution in [0.3, 0.4) is 0 Å². The fourth-order valence-electron chi connectivity index (χ4n) is 3.53. The lowest BCUT2D eigenvalue weighted by molar-refractivity contribution is 0.309. The quantitative estimate of drug-likeness (QED) is 0.594. The Kier molecular flexibility index (Phi) is 2.86. The van der Waals surface area contributed by atoms with Gasteiger partial charge in [0.15, 0.2) is 0 Å². The molecule has 1 N–H and O–H groups in total. The summed E-state index contributed by atoms with van der Waals surface area (Å²) >= 11 is 0. The predicted octanol–water partition coefficient (Wildman–Crippen LogP) is 5.49. The van der Waals surface area contributed by atoms with E-state index in [-0.39, 0.29) is 16.2 Å². The van der Waals surface area contributed by atoms with Crippen LogP contribution in [0.1, 0.15) is 76.0 Å². The summed E-state index contributed by atoms with van der Waals surface area (Å²) in [5.74, 6) is 3.78. The minimum atomic E-state index is -0.308. The third-order valence-electron chi connectivity index (χ3n) is 5.71. The van der Waals surface area contributed by atoms with E-state index in [0.29, 0.717) is 0 Å². The lowest BCUT2D eigenvalue weighted by Crippen LogP contribution is -2.23. The Bertz CT molecular complexity index is 721. The molecular weight excluding hydrogens is 298 g/mol. The minimum absolute atomic E-state index is 0.218. The number of fused-ring (bicyclic) bond motifs is 6. The molecule has 0 amide bonds. The molecule has 0 unspecified atom stereocenters. The van der Waals surface area contributed by atoms with Crippen molar-refractivity contribution in [1.29, 1.82) is 0 Å². The van der Waals surface area contributed by atoms with Gasteiger partial charge in [0.2, 0.25) is 0 Å². The molecule has 1 aliphatic heterocycles. The molecule has 4 heterocycles. The predicted molar refractivity (Wildman–Crippen MR) is 94.6 cm³/mol. The van der Waals surface area contributed by atoms with Gasteiger partial charge in [-0.25, -0.2) is 0 Å². The summed E-state index contributed by atoms with van der Waals surface area (Å²) in [7, 11) is 0. The van der Waals surface area contributed by atoms with Crippen LogP contribution in [0, 0.1) is 0 Å². The van der Waals surface area contributed by atoms with E-state index in [4.69, 9.17) is 8.83 Å². The van der Waals surface area contributed by atoms with Gasteiger partial charge in [-0.3, -0.25) is 0 Å². The molecule has 0 fully saturated rings. The van der Waals surface area contributed by atoms with Crippen LogP contribution in [0.15, 0.2) is 45.2 Å². The number of aromatic amines is 1. The standard InChI is InChI=1S/C21H25NO2/c1-19(2)13-7-8-14(22-13)20(3,4)16-10-12-18(24-16)21(5,6)17-11-9-15(19)23-17/h7-12,22H,1-6H3. The summed E-state index contributed by atoms with van der Waals surface area (Å²) in [5.41, 5.74) is 1.56. The highest BCUT2D eigenvalue weighted by molar-refractivity contribution is 5.39. The molecule has 0 aromatic carbocycles. The topological polar surface area (TPSA) is 42.1 Å². The molecule has 3 aromatic heterocycles. The van der Waals surface area contributed by atoms with Crippen LogP contribution in [0.2, 0.25) is 0 Å². The number of hydrogen-bond acceptors (Lipinski definition) is 2. The molecule has 0 spiro atoms. The van der Waals surface area contributed by atoms with Crippen LogP contribution in [-0.4, -0.2) is 4.98 Å². The molecule has 1 aliphatic rings. The first-order valence-corrected chi connectivity index (χ1v) is 8.55. The van der Waals surface area contributed by atoms with E-state index < -0.39 is 0 Å². The van der Waals surface area contributed by atoms with Crippen LogP contribution >= 0.6 is 0 Å². The Morgan fingerprint density at radius 2 is 0.875 bits per heavy atom. The number of furan rings is 2. The highest BCUT2D eigenvalue weighted by Crippen LogP contribution is 2.42. The third kappa shape index (κ3) is 1.90. The first kappa shape index (κ1) is 15.4. The summed E-state index contributed by atoms with van der Waals surface area (Å²) in [6.07, 6.45) is 0. The van der Waals surface area contributed by atoms with Gasteiger partial charge in [0.25, 0.3) is 0 Å². The van der Waals surface area contributed by atoms with Crippen molar-refractivity contribution in [1.82, 2.24) is 4.98 Å². The zero-order valence-corrected chi connectivity index (χ0v) is 15.3. The highest BCUT2D eigenvalue weighted by atomic mass is 16.4. The fraction of sp³-hybridized carbons (Fsp3) is 0.429. The van der Waals surface area contributed by atoms with Crippen molar-refractivity contribution in [2.24, 2.45) is 0 Å². The number of H-pyrrole nitrogens is 1. The van der Waals surface area contributed by atoms with Crippen molar-refractivity contribution < 1.29 is 8.83 Å². The summed E-state index contributed by atoms with van der Waals surface area (Å²) in [4.78, 5) is 3.61. The van der Waals surface area contributed by atoms with Crippen molar-refractivity contribution in [3.63, 3.8) is 0 Å². The summed E-state index contributed by atoms with van der Waals surface area (Å²) in [6.45, 7) is 13.1. The zero-order valence-electron chi connectivity index (χ0n) is 15.3. The van der Waals surface area contributed by atoms with Gasteiger partial charge in [-0.1, -0.05) is 0 Å². The second kappa shape index (κ2) is 4.47. The molecule has 6 bridgehead atoms. The van der Waals surface area contributed by atoms with Gasteiger partial charge >= 0.3 is 0 Å². The van der Waals surface area contributed by atoms with Gasteiger partial charge in [0.1, 0.15) is 23.0 Å². The van der Waals surface area contributed by atoms with Crippen molar-refractivity contribution in [2.45, 2.75) is 57.8 Å².